The maximum atomic E-state index is 12.0. The Kier molecular flexibility index (Phi) is 7.62. The average molecular weight is 295 g/mol. The van der Waals surface area contributed by atoms with Gasteiger partial charge in [-0.15, -0.1) is 11.8 Å². The lowest BCUT2D eigenvalue weighted by Gasteiger charge is -2.21. The molecule has 20 heavy (non-hydrogen) atoms. The van der Waals surface area contributed by atoms with E-state index in [0.29, 0.717) is 11.7 Å². The van der Waals surface area contributed by atoms with Crippen LogP contribution in [0.2, 0.25) is 0 Å². The molecular weight excluding hydrogens is 270 g/mol. The third kappa shape index (κ3) is 6.39. The summed E-state index contributed by atoms with van der Waals surface area (Å²) in [4.78, 5) is 18.0. The summed E-state index contributed by atoms with van der Waals surface area (Å²) in [6, 6.07) is 5.99. The molecule has 1 atom stereocenters. The molecule has 1 rings (SSSR count). The fraction of sp³-hybridized carbons (Fsp3) is 0.600. The Morgan fingerprint density at radius 3 is 2.80 bits per heavy atom. The van der Waals surface area contributed by atoms with Gasteiger partial charge in [0, 0.05) is 31.6 Å². The number of amides is 1. The number of aromatic nitrogens is 1. The van der Waals surface area contributed by atoms with E-state index in [0.717, 1.165) is 24.4 Å². The maximum absolute atomic E-state index is 12.0. The molecule has 0 radical (unpaired) electrons. The van der Waals surface area contributed by atoms with Crippen molar-refractivity contribution in [2.75, 3.05) is 19.3 Å². The minimum atomic E-state index is 0.155. The minimum absolute atomic E-state index is 0.155. The first-order valence-electron chi connectivity index (χ1n) is 6.98. The van der Waals surface area contributed by atoms with Gasteiger partial charge in [-0.05, 0) is 24.5 Å². The van der Waals surface area contributed by atoms with Crippen LogP contribution in [-0.2, 0) is 10.5 Å². The lowest BCUT2D eigenvalue weighted by molar-refractivity contribution is -0.127. The molecule has 1 aromatic rings. The third-order valence-corrected chi connectivity index (χ3v) is 4.23. The van der Waals surface area contributed by atoms with Crippen LogP contribution in [-0.4, -0.2) is 41.2 Å². The van der Waals surface area contributed by atoms with Crippen LogP contribution >= 0.6 is 11.8 Å². The van der Waals surface area contributed by atoms with Crippen LogP contribution in [0.5, 0.6) is 0 Å². The van der Waals surface area contributed by atoms with Gasteiger partial charge in [0.2, 0.25) is 5.91 Å². The van der Waals surface area contributed by atoms with E-state index in [1.807, 2.05) is 25.2 Å². The number of thioether (sulfide) groups is 1. The van der Waals surface area contributed by atoms with E-state index >= 15 is 0 Å². The van der Waals surface area contributed by atoms with E-state index in [2.05, 4.69) is 18.8 Å². The number of hydrogen-bond acceptors (Lipinski definition) is 4. The van der Waals surface area contributed by atoms with Crippen LogP contribution in [0.1, 0.15) is 26.0 Å². The molecule has 0 saturated carbocycles. The molecule has 1 heterocycles. The zero-order valence-electron chi connectivity index (χ0n) is 12.6. The second-order valence-electron chi connectivity index (χ2n) is 5.33. The van der Waals surface area contributed by atoms with Gasteiger partial charge >= 0.3 is 0 Å². The summed E-state index contributed by atoms with van der Waals surface area (Å²) >= 11 is 1.60. The van der Waals surface area contributed by atoms with E-state index in [9.17, 15) is 4.79 Å². The molecule has 0 fully saturated rings. The van der Waals surface area contributed by atoms with Gasteiger partial charge in [0.25, 0.3) is 0 Å². The number of carbonyl (C=O) groups excluding carboxylic acids is 1. The minimum Gasteiger partial charge on any atom is -0.345 e. The normalized spacial score (nSPS) is 12.4. The number of nitrogens with zero attached hydrogens (tertiary/aromatic N) is 2. The summed E-state index contributed by atoms with van der Waals surface area (Å²) < 4.78 is 0. The van der Waals surface area contributed by atoms with Crippen molar-refractivity contribution < 1.29 is 4.79 Å². The first kappa shape index (κ1) is 17.0. The van der Waals surface area contributed by atoms with Crippen molar-refractivity contribution >= 4 is 17.7 Å². The fourth-order valence-corrected chi connectivity index (χ4v) is 2.51. The van der Waals surface area contributed by atoms with Crippen molar-refractivity contribution in [1.29, 1.82) is 0 Å². The van der Waals surface area contributed by atoms with Crippen molar-refractivity contribution in [3.05, 3.63) is 30.1 Å². The molecule has 0 spiro atoms. The topological polar surface area (TPSA) is 59.2 Å². The van der Waals surface area contributed by atoms with Crippen LogP contribution in [0.4, 0.5) is 0 Å². The summed E-state index contributed by atoms with van der Waals surface area (Å²) in [6.45, 7) is 4.94. The number of nitrogens with two attached hydrogens (primary N) is 1. The zero-order chi connectivity index (χ0) is 15.0. The van der Waals surface area contributed by atoms with Crippen LogP contribution in [0.3, 0.4) is 0 Å². The predicted octanol–water partition coefficient (Wildman–Crippen LogP) is 2.15. The molecule has 4 nitrogen and oxygen atoms in total. The highest BCUT2D eigenvalue weighted by Gasteiger charge is 2.12. The van der Waals surface area contributed by atoms with Gasteiger partial charge in [-0.2, -0.15) is 0 Å². The predicted molar refractivity (Wildman–Crippen MR) is 85.5 cm³/mol. The molecule has 1 amide bonds. The first-order valence-corrected chi connectivity index (χ1v) is 8.13. The van der Waals surface area contributed by atoms with E-state index in [4.69, 9.17) is 5.73 Å². The zero-order valence-corrected chi connectivity index (χ0v) is 13.4. The van der Waals surface area contributed by atoms with Crippen LogP contribution in [0, 0.1) is 5.92 Å². The molecule has 0 aliphatic rings. The van der Waals surface area contributed by atoms with Crippen LogP contribution in [0.25, 0.3) is 0 Å². The monoisotopic (exact) mass is 295 g/mol. The Bertz CT molecular complexity index is 397. The van der Waals surface area contributed by atoms with E-state index < -0.39 is 0 Å². The Hall–Kier alpha value is -1.07. The molecule has 1 unspecified atom stereocenters. The standard InChI is InChI=1S/C15H25N3OS/c1-12(2)14(16)7-9-18(3)15(19)11-20-10-13-6-4-5-8-17-13/h4-6,8,12,14H,7,9-11,16H2,1-3H3. The van der Waals surface area contributed by atoms with Gasteiger partial charge in [0.1, 0.15) is 0 Å². The number of hydrogen-bond donors (Lipinski definition) is 1. The molecule has 112 valence electrons. The Morgan fingerprint density at radius 2 is 2.20 bits per heavy atom. The van der Waals surface area contributed by atoms with Crippen molar-refractivity contribution in [2.24, 2.45) is 11.7 Å². The summed E-state index contributed by atoms with van der Waals surface area (Å²) in [5.41, 5.74) is 7.00. The van der Waals surface area contributed by atoms with Gasteiger partial charge in [0.15, 0.2) is 0 Å². The molecule has 2 N–H and O–H groups in total. The highest BCUT2D eigenvalue weighted by Crippen LogP contribution is 2.10. The maximum Gasteiger partial charge on any atom is 0.232 e. The summed E-state index contributed by atoms with van der Waals surface area (Å²) in [5.74, 6) is 1.87. The SMILES string of the molecule is CC(C)C(N)CCN(C)C(=O)CSCc1ccccn1. The van der Waals surface area contributed by atoms with Crippen molar-refractivity contribution in [2.45, 2.75) is 32.1 Å². The average Bonchev–Trinajstić information content (AvgIpc) is 2.45. The number of rotatable bonds is 8. The molecule has 0 aliphatic heterocycles. The molecule has 5 heteroatoms. The molecule has 0 bridgehead atoms. The largest absolute Gasteiger partial charge is 0.345 e. The highest BCUT2D eigenvalue weighted by molar-refractivity contribution is 7.99. The van der Waals surface area contributed by atoms with Crippen molar-refractivity contribution in [1.82, 2.24) is 9.88 Å². The Balaban J connectivity index is 2.21. The van der Waals surface area contributed by atoms with Gasteiger partial charge in [-0.1, -0.05) is 19.9 Å². The molecule has 0 aliphatic carbocycles. The summed E-state index contributed by atoms with van der Waals surface area (Å²) in [7, 11) is 1.84. The third-order valence-electron chi connectivity index (χ3n) is 3.28. The number of pyridine rings is 1. The van der Waals surface area contributed by atoms with Gasteiger partial charge in [-0.3, -0.25) is 9.78 Å². The molecule has 1 aromatic heterocycles. The Labute approximate surface area is 126 Å². The second kappa shape index (κ2) is 8.97. The van der Waals surface area contributed by atoms with E-state index in [1.54, 1.807) is 22.9 Å². The lowest BCUT2D eigenvalue weighted by atomic mass is 10.0. The molecular formula is C15H25N3OS. The van der Waals surface area contributed by atoms with Crippen molar-refractivity contribution in [3.8, 4) is 0 Å². The Morgan fingerprint density at radius 1 is 1.45 bits per heavy atom. The van der Waals surface area contributed by atoms with E-state index in [1.165, 1.54) is 0 Å². The molecule has 0 saturated heterocycles. The van der Waals surface area contributed by atoms with E-state index in [-0.39, 0.29) is 11.9 Å². The van der Waals surface area contributed by atoms with Gasteiger partial charge in [0.05, 0.1) is 11.4 Å². The van der Waals surface area contributed by atoms with Crippen molar-refractivity contribution in [3.63, 3.8) is 0 Å². The summed E-state index contributed by atoms with van der Waals surface area (Å²) in [5, 5.41) is 0. The highest BCUT2D eigenvalue weighted by atomic mass is 32.2. The van der Waals surface area contributed by atoms with Crippen LogP contribution in [0.15, 0.2) is 24.4 Å². The summed E-state index contributed by atoms with van der Waals surface area (Å²) in [6.07, 6.45) is 2.63. The first-order chi connectivity index (χ1) is 9.50. The van der Waals surface area contributed by atoms with Gasteiger partial charge in [-0.25, -0.2) is 0 Å². The van der Waals surface area contributed by atoms with Gasteiger partial charge < -0.3 is 10.6 Å². The lowest BCUT2D eigenvalue weighted by Crippen LogP contribution is -2.35. The quantitative estimate of drug-likeness (QED) is 0.798. The smallest absolute Gasteiger partial charge is 0.232 e. The molecule has 0 aromatic carbocycles. The fourth-order valence-electron chi connectivity index (χ4n) is 1.64. The number of carbonyl (C=O) groups is 1. The second-order valence-corrected chi connectivity index (χ2v) is 6.31. The van der Waals surface area contributed by atoms with Crippen LogP contribution < -0.4 is 5.73 Å².